The van der Waals surface area contributed by atoms with Gasteiger partial charge in [0.25, 0.3) is 0 Å². The highest BCUT2D eigenvalue weighted by Gasteiger charge is 2.42. The Hall–Kier alpha value is -2.11. The fourth-order valence-electron chi connectivity index (χ4n) is 2.29. The summed E-state index contributed by atoms with van der Waals surface area (Å²) < 4.78 is 13.7. The number of carbonyl (C=O) groups is 2. The maximum absolute atomic E-state index is 13.7. The second-order valence-corrected chi connectivity index (χ2v) is 5.40. The number of urea groups is 1. The van der Waals surface area contributed by atoms with Gasteiger partial charge in [0.1, 0.15) is 5.82 Å². The van der Waals surface area contributed by atoms with Gasteiger partial charge in [0.2, 0.25) is 0 Å². The highest BCUT2D eigenvalue weighted by molar-refractivity contribution is 5.91. The molecule has 2 N–H and O–H groups in total. The summed E-state index contributed by atoms with van der Waals surface area (Å²) in [7, 11) is 0. The molecule has 108 valence electrons. The lowest BCUT2D eigenvalue weighted by atomic mass is 9.90. The molecule has 0 bridgehead atoms. The first-order chi connectivity index (χ1) is 9.33. The SMILES string of the molecule is Cc1cccc(F)c1NC(=O)N1CCC(C)(C(=O)O)C1. The number of carboxylic acid groups (broad SMARTS) is 1. The predicted octanol–water partition coefficient (Wildman–Crippen LogP) is 2.46. The first-order valence-corrected chi connectivity index (χ1v) is 6.38. The molecule has 6 heteroatoms. The largest absolute Gasteiger partial charge is 0.481 e. The van der Waals surface area contributed by atoms with Crippen LogP contribution in [0.25, 0.3) is 0 Å². The van der Waals surface area contributed by atoms with Gasteiger partial charge >= 0.3 is 12.0 Å². The summed E-state index contributed by atoms with van der Waals surface area (Å²) in [5.41, 5.74) is -0.165. The molecule has 0 saturated carbocycles. The number of nitrogens with zero attached hydrogens (tertiary/aromatic N) is 1. The lowest BCUT2D eigenvalue weighted by Gasteiger charge is -2.21. The summed E-state index contributed by atoms with van der Waals surface area (Å²) in [4.78, 5) is 24.6. The number of aliphatic carboxylic acids is 1. The van der Waals surface area contributed by atoms with Crippen molar-refractivity contribution in [1.29, 1.82) is 0 Å². The second kappa shape index (κ2) is 5.11. The van der Waals surface area contributed by atoms with Crippen molar-refractivity contribution in [2.45, 2.75) is 20.3 Å². The lowest BCUT2D eigenvalue weighted by Crippen LogP contribution is -2.37. The molecule has 1 saturated heterocycles. The first kappa shape index (κ1) is 14.3. The van der Waals surface area contributed by atoms with Crippen molar-refractivity contribution in [2.24, 2.45) is 5.41 Å². The number of carbonyl (C=O) groups excluding carboxylic acids is 1. The number of aryl methyl sites for hydroxylation is 1. The van der Waals surface area contributed by atoms with Gasteiger partial charge in [0.05, 0.1) is 11.1 Å². The molecule has 0 radical (unpaired) electrons. The number of hydrogen-bond acceptors (Lipinski definition) is 2. The van der Waals surface area contributed by atoms with Gasteiger partial charge in [-0.3, -0.25) is 4.79 Å². The van der Waals surface area contributed by atoms with Gasteiger partial charge < -0.3 is 15.3 Å². The minimum absolute atomic E-state index is 0.127. The van der Waals surface area contributed by atoms with Crippen molar-refractivity contribution in [1.82, 2.24) is 4.90 Å². The van der Waals surface area contributed by atoms with Gasteiger partial charge in [-0.1, -0.05) is 12.1 Å². The summed E-state index contributed by atoms with van der Waals surface area (Å²) in [6, 6.07) is 4.07. The van der Waals surface area contributed by atoms with Gasteiger partial charge in [0, 0.05) is 13.1 Å². The third-order valence-corrected chi connectivity index (χ3v) is 3.73. The summed E-state index contributed by atoms with van der Waals surface area (Å²) in [6.07, 6.45) is 0.395. The molecule has 1 fully saturated rings. The predicted molar refractivity (Wildman–Crippen MR) is 72.1 cm³/mol. The molecular formula is C14H17FN2O3. The molecule has 1 heterocycles. The minimum Gasteiger partial charge on any atom is -0.481 e. The smallest absolute Gasteiger partial charge is 0.321 e. The van der Waals surface area contributed by atoms with E-state index in [1.165, 1.54) is 11.0 Å². The zero-order valence-electron chi connectivity index (χ0n) is 11.4. The molecule has 5 nitrogen and oxygen atoms in total. The zero-order valence-corrected chi connectivity index (χ0v) is 11.4. The summed E-state index contributed by atoms with van der Waals surface area (Å²) >= 11 is 0. The Bertz CT molecular complexity index is 541. The Balaban J connectivity index is 2.09. The van der Waals surface area contributed by atoms with E-state index >= 15 is 0 Å². The van der Waals surface area contributed by atoms with E-state index in [9.17, 15) is 14.0 Å². The molecule has 2 amide bonds. The van der Waals surface area contributed by atoms with Crippen LogP contribution < -0.4 is 5.32 Å². The number of amides is 2. The van der Waals surface area contributed by atoms with E-state index < -0.39 is 23.2 Å². The number of nitrogens with one attached hydrogen (secondary N) is 1. The highest BCUT2D eigenvalue weighted by Crippen LogP contribution is 2.30. The average molecular weight is 280 g/mol. The van der Waals surface area contributed by atoms with Crippen LogP contribution in [0.4, 0.5) is 14.9 Å². The van der Waals surface area contributed by atoms with E-state index in [4.69, 9.17) is 5.11 Å². The zero-order chi connectivity index (χ0) is 14.9. The van der Waals surface area contributed by atoms with E-state index in [1.54, 1.807) is 26.0 Å². The number of anilines is 1. The highest BCUT2D eigenvalue weighted by atomic mass is 19.1. The van der Waals surface area contributed by atoms with Crippen LogP contribution in [0.3, 0.4) is 0 Å². The quantitative estimate of drug-likeness (QED) is 0.874. The number of carboxylic acids is 1. The van der Waals surface area contributed by atoms with Crippen LogP contribution in [0.1, 0.15) is 18.9 Å². The average Bonchev–Trinajstić information content (AvgIpc) is 2.78. The minimum atomic E-state index is -0.929. The Morgan fingerprint density at radius 1 is 1.45 bits per heavy atom. The molecule has 20 heavy (non-hydrogen) atoms. The molecule has 0 spiro atoms. The van der Waals surface area contributed by atoms with E-state index in [1.807, 2.05) is 0 Å². The van der Waals surface area contributed by atoms with Crippen LogP contribution in [-0.2, 0) is 4.79 Å². The van der Waals surface area contributed by atoms with Crippen molar-refractivity contribution in [3.05, 3.63) is 29.6 Å². The molecular weight excluding hydrogens is 263 g/mol. The molecule has 1 aromatic carbocycles. The molecule has 1 aliphatic rings. The number of hydrogen-bond donors (Lipinski definition) is 2. The number of rotatable bonds is 2. The van der Waals surface area contributed by atoms with Crippen LogP contribution >= 0.6 is 0 Å². The summed E-state index contributed by atoms with van der Waals surface area (Å²) in [5, 5.41) is 11.6. The van der Waals surface area contributed by atoms with E-state index in [-0.39, 0.29) is 12.2 Å². The van der Waals surface area contributed by atoms with Gasteiger partial charge in [-0.15, -0.1) is 0 Å². The number of benzene rings is 1. The first-order valence-electron chi connectivity index (χ1n) is 6.38. The Morgan fingerprint density at radius 3 is 2.70 bits per heavy atom. The van der Waals surface area contributed by atoms with E-state index in [0.717, 1.165) is 0 Å². The normalized spacial score (nSPS) is 21.9. The van der Waals surface area contributed by atoms with Crippen LogP contribution in [0, 0.1) is 18.2 Å². The summed E-state index contributed by atoms with van der Waals surface area (Å²) in [6.45, 7) is 3.78. The molecule has 1 aromatic rings. The summed E-state index contributed by atoms with van der Waals surface area (Å²) in [5.74, 6) is -1.42. The van der Waals surface area contributed by atoms with Crippen LogP contribution in [0.15, 0.2) is 18.2 Å². The third kappa shape index (κ3) is 2.59. The second-order valence-electron chi connectivity index (χ2n) is 5.40. The molecule has 1 aliphatic heterocycles. The number of para-hydroxylation sites is 1. The monoisotopic (exact) mass is 280 g/mol. The van der Waals surface area contributed by atoms with E-state index in [0.29, 0.717) is 18.5 Å². The topological polar surface area (TPSA) is 69.6 Å². The standard InChI is InChI=1S/C14H17FN2O3/c1-9-4-3-5-10(15)11(9)16-13(20)17-7-6-14(2,8-17)12(18)19/h3-5H,6-8H2,1-2H3,(H,16,20)(H,18,19). The van der Waals surface area contributed by atoms with Gasteiger partial charge in [-0.2, -0.15) is 0 Å². The van der Waals surface area contributed by atoms with Crippen LogP contribution in [0.2, 0.25) is 0 Å². The molecule has 0 aliphatic carbocycles. The number of likely N-dealkylation sites (tertiary alicyclic amines) is 1. The third-order valence-electron chi connectivity index (χ3n) is 3.73. The van der Waals surface area contributed by atoms with Crippen molar-refractivity contribution in [3.63, 3.8) is 0 Å². The van der Waals surface area contributed by atoms with Crippen molar-refractivity contribution in [3.8, 4) is 0 Å². The fourth-order valence-corrected chi connectivity index (χ4v) is 2.29. The van der Waals surface area contributed by atoms with Crippen molar-refractivity contribution in [2.75, 3.05) is 18.4 Å². The molecule has 1 atom stereocenters. The van der Waals surface area contributed by atoms with E-state index in [2.05, 4.69) is 5.32 Å². The molecule has 1 unspecified atom stereocenters. The maximum Gasteiger partial charge on any atom is 0.321 e. The van der Waals surface area contributed by atoms with Crippen LogP contribution in [0.5, 0.6) is 0 Å². The Labute approximate surface area is 116 Å². The van der Waals surface area contributed by atoms with Gasteiger partial charge in [-0.05, 0) is 31.9 Å². The van der Waals surface area contributed by atoms with Crippen molar-refractivity contribution < 1.29 is 19.1 Å². The number of halogens is 1. The maximum atomic E-state index is 13.7. The van der Waals surface area contributed by atoms with Gasteiger partial charge in [0.15, 0.2) is 0 Å². The van der Waals surface area contributed by atoms with Crippen molar-refractivity contribution >= 4 is 17.7 Å². The van der Waals surface area contributed by atoms with Gasteiger partial charge in [-0.25, -0.2) is 9.18 Å². The Morgan fingerprint density at radius 2 is 2.15 bits per heavy atom. The molecule has 2 rings (SSSR count). The Kier molecular flexibility index (Phi) is 3.65. The molecule has 0 aromatic heterocycles. The van der Waals surface area contributed by atoms with Crippen LogP contribution in [-0.4, -0.2) is 35.1 Å². The fraction of sp³-hybridized carbons (Fsp3) is 0.429. The lowest BCUT2D eigenvalue weighted by molar-refractivity contribution is -0.146.